The van der Waals surface area contributed by atoms with Crippen molar-refractivity contribution in [3.8, 4) is 0 Å². The van der Waals surface area contributed by atoms with Crippen LogP contribution in [0.4, 0.5) is 4.39 Å². The van der Waals surface area contributed by atoms with Crippen LogP contribution in [-0.2, 0) is 13.0 Å². The molecule has 1 aromatic carbocycles. The number of hydrogen-bond donors (Lipinski definition) is 2. The molecule has 2 aliphatic heterocycles. The van der Waals surface area contributed by atoms with Gasteiger partial charge in [-0.15, -0.1) is 0 Å². The second kappa shape index (κ2) is 5.56. The van der Waals surface area contributed by atoms with Crippen LogP contribution in [0, 0.1) is 11.2 Å². The third kappa shape index (κ3) is 2.56. The van der Waals surface area contributed by atoms with E-state index in [-0.39, 0.29) is 11.4 Å². The molecule has 0 aromatic heterocycles. The van der Waals surface area contributed by atoms with E-state index in [1.165, 1.54) is 44.6 Å². The summed E-state index contributed by atoms with van der Waals surface area (Å²) >= 11 is 0. The van der Waals surface area contributed by atoms with Crippen molar-refractivity contribution in [2.45, 2.75) is 57.5 Å². The molecule has 1 aliphatic carbocycles. The van der Waals surface area contributed by atoms with Crippen molar-refractivity contribution in [3.63, 3.8) is 0 Å². The topological polar surface area (TPSA) is 52.6 Å². The van der Waals surface area contributed by atoms with Crippen LogP contribution in [0.1, 0.15) is 60.0 Å². The predicted octanol–water partition coefficient (Wildman–Crippen LogP) is 3.03. The van der Waals surface area contributed by atoms with Crippen LogP contribution in [-0.4, -0.2) is 28.6 Å². The number of nitrogens with one attached hydrogen (secondary N) is 1. The van der Waals surface area contributed by atoms with Gasteiger partial charge in [0.25, 0.3) is 5.91 Å². The highest BCUT2D eigenvalue weighted by Crippen LogP contribution is 2.48. The molecule has 2 N–H and O–H groups in total. The minimum absolute atomic E-state index is 0.197. The van der Waals surface area contributed by atoms with Crippen molar-refractivity contribution in [3.05, 3.63) is 34.6 Å². The Balaban J connectivity index is 1.61. The van der Waals surface area contributed by atoms with Gasteiger partial charge in [-0.05, 0) is 48.8 Å². The first kappa shape index (κ1) is 15.1. The maximum atomic E-state index is 14.4. The molecular weight excluding hydrogens is 295 g/mol. The average molecular weight is 318 g/mol. The molecule has 23 heavy (non-hydrogen) atoms. The Morgan fingerprint density at radius 1 is 1.30 bits per heavy atom. The van der Waals surface area contributed by atoms with Crippen LogP contribution in [0.5, 0.6) is 0 Å². The Bertz CT molecular complexity index is 640. The normalized spacial score (nSPS) is 25.9. The number of fused-ring (bicyclic) bond motifs is 2. The summed E-state index contributed by atoms with van der Waals surface area (Å²) in [6, 6.07) is 3.44. The van der Waals surface area contributed by atoms with Crippen molar-refractivity contribution in [2.75, 3.05) is 6.54 Å². The van der Waals surface area contributed by atoms with E-state index in [1.807, 2.05) is 0 Å². The molecule has 1 spiro atoms. The monoisotopic (exact) mass is 318 g/mol. The molecule has 1 aromatic rings. The summed E-state index contributed by atoms with van der Waals surface area (Å²) in [4.78, 5) is 14.0. The maximum Gasteiger partial charge on any atom is 0.274 e. The van der Waals surface area contributed by atoms with Gasteiger partial charge in [0.2, 0.25) is 0 Å². The molecule has 124 valence electrons. The van der Waals surface area contributed by atoms with Crippen LogP contribution in [0.25, 0.3) is 0 Å². The van der Waals surface area contributed by atoms with Crippen LogP contribution in [0.2, 0.25) is 0 Å². The smallest absolute Gasteiger partial charge is 0.274 e. The number of benzene rings is 1. The van der Waals surface area contributed by atoms with Gasteiger partial charge < -0.3 is 0 Å². The number of hydroxylamine groups is 1. The molecule has 5 heteroatoms. The zero-order valence-electron chi connectivity index (χ0n) is 13.3. The fraction of sp³-hybridized carbons (Fsp3) is 0.611. The SMILES string of the molecule is O=C(NO)c1cc(F)c2c(c1)C[C@H]1CC3(CCCCC3)CN1C2. The molecule has 1 saturated carbocycles. The molecule has 4 rings (SSSR count). The van der Waals surface area contributed by atoms with E-state index in [0.29, 0.717) is 18.0 Å². The molecule has 0 bridgehead atoms. The number of rotatable bonds is 1. The Morgan fingerprint density at radius 3 is 2.83 bits per heavy atom. The first-order valence-electron chi connectivity index (χ1n) is 8.60. The average Bonchev–Trinajstić information content (AvgIpc) is 2.89. The van der Waals surface area contributed by atoms with Crippen LogP contribution in [0.15, 0.2) is 12.1 Å². The van der Waals surface area contributed by atoms with E-state index in [2.05, 4.69) is 4.90 Å². The molecule has 1 amide bonds. The van der Waals surface area contributed by atoms with Gasteiger partial charge in [-0.25, -0.2) is 9.87 Å². The van der Waals surface area contributed by atoms with Gasteiger partial charge in [0, 0.05) is 30.3 Å². The summed E-state index contributed by atoms with van der Waals surface area (Å²) in [6.07, 6.45) is 8.60. The highest BCUT2D eigenvalue weighted by molar-refractivity contribution is 5.93. The summed E-state index contributed by atoms with van der Waals surface area (Å²) in [6.45, 7) is 1.74. The van der Waals surface area contributed by atoms with Crippen molar-refractivity contribution in [1.29, 1.82) is 0 Å². The summed E-state index contributed by atoms with van der Waals surface area (Å²) in [7, 11) is 0. The summed E-state index contributed by atoms with van der Waals surface area (Å²) in [5.74, 6) is -0.978. The van der Waals surface area contributed by atoms with Gasteiger partial charge in [0.1, 0.15) is 5.82 Å². The molecular formula is C18H23FN2O2. The number of carbonyl (C=O) groups excluding carboxylic acids is 1. The first-order valence-corrected chi connectivity index (χ1v) is 8.60. The number of halogens is 1. The second-order valence-electron chi connectivity index (χ2n) is 7.56. The summed E-state index contributed by atoms with van der Waals surface area (Å²) in [5, 5.41) is 8.77. The lowest BCUT2D eigenvalue weighted by Gasteiger charge is -2.33. The van der Waals surface area contributed by atoms with Gasteiger partial charge in [0.15, 0.2) is 0 Å². The molecule has 2 fully saturated rings. The van der Waals surface area contributed by atoms with E-state index in [0.717, 1.165) is 24.1 Å². The van der Waals surface area contributed by atoms with Gasteiger partial charge in [0.05, 0.1) is 0 Å². The minimum atomic E-state index is -0.649. The Morgan fingerprint density at radius 2 is 2.09 bits per heavy atom. The van der Waals surface area contributed by atoms with Crippen LogP contribution >= 0.6 is 0 Å². The first-order chi connectivity index (χ1) is 11.1. The fourth-order valence-corrected chi connectivity index (χ4v) is 5.01. The Hall–Kier alpha value is -1.46. The number of nitrogens with zero attached hydrogens (tertiary/aromatic N) is 1. The lowest BCUT2D eigenvalue weighted by molar-refractivity contribution is 0.0705. The second-order valence-corrected chi connectivity index (χ2v) is 7.56. The van der Waals surface area contributed by atoms with E-state index in [9.17, 15) is 9.18 Å². The van der Waals surface area contributed by atoms with Gasteiger partial charge in [-0.1, -0.05) is 19.3 Å². The third-order valence-corrected chi connectivity index (χ3v) is 6.11. The van der Waals surface area contributed by atoms with Gasteiger partial charge in [-0.3, -0.25) is 14.9 Å². The summed E-state index contributed by atoms with van der Waals surface area (Å²) < 4.78 is 14.4. The van der Waals surface area contributed by atoms with Crippen molar-refractivity contribution >= 4 is 5.91 Å². The number of hydrogen-bond acceptors (Lipinski definition) is 3. The molecule has 3 aliphatic rings. The Labute approximate surface area is 135 Å². The van der Waals surface area contributed by atoms with Crippen molar-refractivity contribution < 1.29 is 14.4 Å². The maximum absolute atomic E-state index is 14.4. The fourth-order valence-electron chi connectivity index (χ4n) is 5.01. The van der Waals surface area contributed by atoms with Crippen molar-refractivity contribution in [2.24, 2.45) is 5.41 Å². The quantitative estimate of drug-likeness (QED) is 0.618. The largest absolute Gasteiger partial charge is 0.295 e. The van der Waals surface area contributed by atoms with Gasteiger partial charge >= 0.3 is 0 Å². The lowest BCUT2D eigenvalue weighted by atomic mass is 9.72. The van der Waals surface area contributed by atoms with E-state index in [4.69, 9.17) is 5.21 Å². The Kier molecular flexibility index (Phi) is 3.65. The van der Waals surface area contributed by atoms with E-state index in [1.54, 1.807) is 11.5 Å². The molecule has 4 nitrogen and oxygen atoms in total. The highest BCUT2D eigenvalue weighted by Gasteiger charge is 2.46. The highest BCUT2D eigenvalue weighted by atomic mass is 19.1. The molecule has 1 saturated heterocycles. The zero-order valence-corrected chi connectivity index (χ0v) is 13.3. The number of carbonyl (C=O) groups is 1. The summed E-state index contributed by atoms with van der Waals surface area (Å²) in [5.41, 5.74) is 3.88. The predicted molar refractivity (Wildman–Crippen MR) is 83.7 cm³/mol. The van der Waals surface area contributed by atoms with Gasteiger partial charge in [-0.2, -0.15) is 0 Å². The molecule has 0 radical (unpaired) electrons. The molecule has 2 heterocycles. The minimum Gasteiger partial charge on any atom is -0.295 e. The van der Waals surface area contributed by atoms with Crippen LogP contribution < -0.4 is 5.48 Å². The molecule has 0 unspecified atom stereocenters. The number of amides is 1. The van der Waals surface area contributed by atoms with Crippen LogP contribution in [0.3, 0.4) is 0 Å². The van der Waals surface area contributed by atoms with E-state index < -0.39 is 5.91 Å². The van der Waals surface area contributed by atoms with Crippen molar-refractivity contribution in [1.82, 2.24) is 10.4 Å². The standard InChI is InChI=1S/C18H23FN2O2/c19-16-8-13(17(22)20-23)6-12-7-14-9-18(4-2-1-3-5-18)11-21(14)10-15(12)16/h6,8,14,23H,1-5,7,9-11H2,(H,20,22)/t14-/m0/s1. The van der Waals surface area contributed by atoms with E-state index >= 15 is 0 Å². The third-order valence-electron chi connectivity index (χ3n) is 6.11. The lowest BCUT2D eigenvalue weighted by Crippen LogP contribution is -2.36. The zero-order chi connectivity index (χ0) is 16.0. The molecule has 1 atom stereocenters.